The second-order valence-electron chi connectivity index (χ2n) is 4.28. The number of methoxy groups -OCH3 is 2. The second-order valence-corrected chi connectivity index (χ2v) is 6.91. The number of hydrogen-bond acceptors (Lipinski definition) is 3. The van der Waals surface area contributed by atoms with E-state index >= 15 is 0 Å². The summed E-state index contributed by atoms with van der Waals surface area (Å²) in [5, 5.41) is 3.37. The van der Waals surface area contributed by atoms with E-state index in [-0.39, 0.29) is 0 Å². The van der Waals surface area contributed by atoms with E-state index < -0.39 is 0 Å². The predicted molar refractivity (Wildman–Crippen MR) is 96.4 cm³/mol. The van der Waals surface area contributed by atoms with Crippen molar-refractivity contribution in [3.63, 3.8) is 0 Å². The van der Waals surface area contributed by atoms with Gasteiger partial charge in [0.15, 0.2) is 0 Å². The average Bonchev–Trinajstić information content (AvgIpc) is 2.46. The molecule has 2 aromatic rings. The van der Waals surface area contributed by atoms with Crippen molar-refractivity contribution in [3.05, 3.63) is 49.3 Å². The summed E-state index contributed by atoms with van der Waals surface area (Å²) in [5.74, 6) is 1.62. The molecular weight excluding hydrogens is 466 g/mol. The maximum absolute atomic E-state index is 5.44. The summed E-state index contributed by atoms with van der Waals surface area (Å²) >= 11 is 10.4. The molecule has 0 radical (unpaired) electrons. The van der Waals surface area contributed by atoms with Crippen molar-refractivity contribution >= 4 is 53.5 Å². The molecule has 1 N–H and O–H groups in total. The Hall–Kier alpha value is -0.720. The van der Waals surface area contributed by atoms with Crippen LogP contribution in [0.4, 0.5) is 5.69 Å². The molecule has 0 amide bonds. The van der Waals surface area contributed by atoms with Gasteiger partial charge in [0, 0.05) is 28.3 Å². The van der Waals surface area contributed by atoms with Crippen molar-refractivity contribution in [3.8, 4) is 11.5 Å². The molecule has 0 aliphatic carbocycles. The summed E-state index contributed by atoms with van der Waals surface area (Å²) in [6, 6.07) is 9.89. The van der Waals surface area contributed by atoms with E-state index in [1.165, 1.54) is 0 Å². The van der Waals surface area contributed by atoms with Crippen molar-refractivity contribution < 1.29 is 9.47 Å². The van der Waals surface area contributed by atoms with Crippen molar-refractivity contribution in [2.45, 2.75) is 6.54 Å². The fraction of sp³-hybridized carbons (Fsp3) is 0.200. The summed E-state index contributed by atoms with van der Waals surface area (Å²) in [4.78, 5) is 0. The third-order valence-corrected chi connectivity index (χ3v) is 4.63. The minimum Gasteiger partial charge on any atom is -0.495 e. The van der Waals surface area contributed by atoms with E-state index in [0.29, 0.717) is 6.54 Å². The number of ether oxygens (including phenoxy) is 2. The van der Waals surface area contributed by atoms with Crippen LogP contribution in [0, 0.1) is 0 Å². The zero-order valence-corrected chi connectivity index (χ0v) is 16.3. The smallest absolute Gasteiger partial charge is 0.138 e. The molecule has 3 nitrogen and oxygen atoms in total. The Bertz CT molecular complexity index is 647. The van der Waals surface area contributed by atoms with E-state index in [4.69, 9.17) is 9.47 Å². The average molecular weight is 480 g/mol. The van der Waals surface area contributed by atoms with Crippen LogP contribution in [0.3, 0.4) is 0 Å². The molecule has 0 aliphatic rings. The summed E-state index contributed by atoms with van der Waals surface area (Å²) < 4.78 is 13.6. The number of halogens is 3. The lowest BCUT2D eigenvalue weighted by Gasteiger charge is -2.14. The zero-order chi connectivity index (χ0) is 15.4. The Morgan fingerprint density at radius 2 is 1.71 bits per heavy atom. The molecule has 0 saturated heterocycles. The first-order valence-electron chi connectivity index (χ1n) is 6.14. The third-order valence-electron chi connectivity index (χ3n) is 2.92. The minimum atomic E-state index is 0.645. The van der Waals surface area contributed by atoms with Crippen LogP contribution in [0.2, 0.25) is 0 Å². The Kier molecular flexibility index (Phi) is 5.96. The molecule has 0 fully saturated rings. The van der Waals surface area contributed by atoms with E-state index in [1.807, 2.05) is 30.3 Å². The van der Waals surface area contributed by atoms with Gasteiger partial charge in [-0.25, -0.2) is 0 Å². The Morgan fingerprint density at radius 1 is 0.952 bits per heavy atom. The largest absolute Gasteiger partial charge is 0.495 e. The topological polar surface area (TPSA) is 30.5 Å². The lowest BCUT2D eigenvalue weighted by molar-refractivity contribution is 0.407. The van der Waals surface area contributed by atoms with Gasteiger partial charge in [-0.3, -0.25) is 0 Å². The van der Waals surface area contributed by atoms with Gasteiger partial charge in [-0.05, 0) is 56.1 Å². The maximum atomic E-state index is 5.44. The number of benzene rings is 2. The van der Waals surface area contributed by atoms with Crippen LogP contribution in [-0.2, 0) is 6.54 Å². The molecule has 0 atom stereocenters. The van der Waals surface area contributed by atoms with Crippen molar-refractivity contribution in [1.29, 1.82) is 0 Å². The minimum absolute atomic E-state index is 0.645. The summed E-state index contributed by atoms with van der Waals surface area (Å²) in [7, 11) is 3.32. The quantitative estimate of drug-likeness (QED) is 0.605. The Labute approximate surface area is 149 Å². The number of anilines is 1. The maximum Gasteiger partial charge on any atom is 0.138 e. The highest BCUT2D eigenvalue weighted by Gasteiger charge is 2.09. The van der Waals surface area contributed by atoms with E-state index in [9.17, 15) is 0 Å². The van der Waals surface area contributed by atoms with Gasteiger partial charge in [0.2, 0.25) is 0 Å². The highest BCUT2D eigenvalue weighted by molar-refractivity contribution is 9.11. The van der Waals surface area contributed by atoms with Crippen LogP contribution in [0.15, 0.2) is 43.7 Å². The highest BCUT2D eigenvalue weighted by atomic mass is 79.9. The predicted octanol–water partition coefficient (Wildman–Crippen LogP) is 5.60. The first-order chi connectivity index (χ1) is 10.0. The van der Waals surface area contributed by atoms with Crippen LogP contribution in [0.5, 0.6) is 11.5 Å². The first kappa shape index (κ1) is 16.6. The van der Waals surface area contributed by atoms with E-state index in [2.05, 4.69) is 53.1 Å². The van der Waals surface area contributed by atoms with Gasteiger partial charge in [-0.15, -0.1) is 0 Å². The molecule has 2 aromatic carbocycles. The molecule has 0 aromatic heterocycles. The molecule has 0 heterocycles. The number of rotatable bonds is 5. The SMILES string of the molecule is COc1cc(NCc2cc(Br)cc(Br)c2OC)ccc1Br. The Morgan fingerprint density at radius 3 is 2.38 bits per heavy atom. The molecule has 0 saturated carbocycles. The van der Waals surface area contributed by atoms with Gasteiger partial charge >= 0.3 is 0 Å². The van der Waals surface area contributed by atoms with Crippen LogP contribution in [0.25, 0.3) is 0 Å². The van der Waals surface area contributed by atoms with Crippen LogP contribution in [0.1, 0.15) is 5.56 Å². The van der Waals surface area contributed by atoms with Crippen LogP contribution < -0.4 is 14.8 Å². The molecule has 6 heteroatoms. The standard InChI is InChI=1S/C15H14Br3NO2/c1-20-14-7-11(3-4-12(14)17)19-8-9-5-10(16)6-13(18)15(9)21-2/h3-7,19H,8H2,1-2H3. The molecule has 0 spiro atoms. The fourth-order valence-electron chi connectivity index (χ4n) is 1.94. The second kappa shape index (κ2) is 7.51. The Balaban J connectivity index is 2.20. The van der Waals surface area contributed by atoms with Crippen molar-refractivity contribution in [2.24, 2.45) is 0 Å². The van der Waals surface area contributed by atoms with Gasteiger partial charge in [0.1, 0.15) is 11.5 Å². The lowest BCUT2D eigenvalue weighted by Crippen LogP contribution is -2.02. The van der Waals surface area contributed by atoms with Gasteiger partial charge in [-0.2, -0.15) is 0 Å². The summed E-state index contributed by atoms with van der Waals surface area (Å²) in [5.41, 5.74) is 2.04. The summed E-state index contributed by atoms with van der Waals surface area (Å²) in [6.07, 6.45) is 0. The van der Waals surface area contributed by atoms with Gasteiger partial charge in [-0.1, -0.05) is 15.9 Å². The normalized spacial score (nSPS) is 10.3. The molecular formula is C15H14Br3NO2. The van der Waals surface area contributed by atoms with Crippen molar-refractivity contribution in [2.75, 3.05) is 19.5 Å². The fourth-order valence-corrected chi connectivity index (χ4v) is 3.82. The van der Waals surface area contributed by atoms with E-state index in [0.717, 1.165) is 36.2 Å². The molecule has 0 unspecified atom stereocenters. The van der Waals surface area contributed by atoms with E-state index in [1.54, 1.807) is 14.2 Å². The highest BCUT2D eigenvalue weighted by Crippen LogP contribution is 2.33. The summed E-state index contributed by atoms with van der Waals surface area (Å²) in [6.45, 7) is 0.645. The number of nitrogens with one attached hydrogen (secondary N) is 1. The van der Waals surface area contributed by atoms with Gasteiger partial charge < -0.3 is 14.8 Å². The van der Waals surface area contributed by atoms with Gasteiger partial charge in [0.05, 0.1) is 23.2 Å². The lowest BCUT2D eigenvalue weighted by atomic mass is 10.2. The van der Waals surface area contributed by atoms with Crippen LogP contribution >= 0.6 is 47.8 Å². The van der Waals surface area contributed by atoms with Gasteiger partial charge in [0.25, 0.3) is 0 Å². The molecule has 112 valence electrons. The molecule has 0 bridgehead atoms. The number of hydrogen-bond donors (Lipinski definition) is 1. The van der Waals surface area contributed by atoms with Crippen molar-refractivity contribution in [1.82, 2.24) is 0 Å². The third kappa shape index (κ3) is 4.14. The molecule has 2 rings (SSSR count). The monoisotopic (exact) mass is 477 g/mol. The zero-order valence-electron chi connectivity index (χ0n) is 11.5. The molecule has 21 heavy (non-hydrogen) atoms. The molecule has 0 aliphatic heterocycles. The first-order valence-corrected chi connectivity index (χ1v) is 8.52. The van der Waals surface area contributed by atoms with Crippen LogP contribution in [-0.4, -0.2) is 14.2 Å².